The van der Waals surface area contributed by atoms with Crippen LogP contribution in [0, 0.1) is 6.92 Å². The summed E-state index contributed by atoms with van der Waals surface area (Å²) in [5.74, 6) is -0.210. The molecular weight excluding hydrogens is 356 g/mol. The highest BCUT2D eigenvalue weighted by atomic mass is 35.5. The Morgan fingerprint density at radius 3 is 2.72 bits per heavy atom. The summed E-state index contributed by atoms with van der Waals surface area (Å²) >= 11 is 7.28. The summed E-state index contributed by atoms with van der Waals surface area (Å²) in [5.41, 5.74) is 6.16. The molecule has 25 heavy (non-hydrogen) atoms. The van der Waals surface area contributed by atoms with Gasteiger partial charge in [0.25, 0.3) is 5.91 Å². The Morgan fingerprint density at radius 1 is 1.16 bits per heavy atom. The van der Waals surface area contributed by atoms with E-state index in [1.165, 1.54) is 11.3 Å². The van der Waals surface area contributed by atoms with Crippen LogP contribution in [-0.2, 0) is 0 Å². The molecule has 0 saturated carbocycles. The van der Waals surface area contributed by atoms with E-state index in [0.717, 1.165) is 21.6 Å². The van der Waals surface area contributed by atoms with Gasteiger partial charge in [-0.2, -0.15) is 0 Å². The molecule has 0 saturated heterocycles. The normalized spacial score (nSPS) is 11.0. The largest absolute Gasteiger partial charge is 0.282 e. The van der Waals surface area contributed by atoms with E-state index in [-0.39, 0.29) is 5.91 Å². The second kappa shape index (κ2) is 6.31. The Hall–Kier alpha value is -2.70. The number of imidazole rings is 1. The Bertz CT molecular complexity index is 1070. The third-order valence-electron chi connectivity index (χ3n) is 3.77. The Balaban J connectivity index is 1.63. The lowest BCUT2D eigenvalue weighted by Crippen LogP contribution is -2.21. The minimum atomic E-state index is -0.210. The molecule has 0 aliphatic heterocycles. The first kappa shape index (κ1) is 15.8. The zero-order chi connectivity index (χ0) is 17.4. The van der Waals surface area contributed by atoms with Gasteiger partial charge in [-0.15, -0.1) is 11.3 Å². The van der Waals surface area contributed by atoms with Crippen LogP contribution in [0.3, 0.4) is 0 Å². The van der Waals surface area contributed by atoms with Crippen molar-refractivity contribution < 1.29 is 4.79 Å². The van der Waals surface area contributed by atoms with Crippen molar-refractivity contribution in [2.45, 2.75) is 6.92 Å². The number of hydrogen-bond donors (Lipinski definition) is 1. The first-order valence-corrected chi connectivity index (χ1v) is 8.78. The maximum atomic E-state index is 12.7. The van der Waals surface area contributed by atoms with Crippen LogP contribution in [-0.4, -0.2) is 20.6 Å². The molecule has 4 rings (SSSR count). The molecule has 0 radical (unpaired) electrons. The van der Waals surface area contributed by atoms with Crippen molar-refractivity contribution in [1.82, 2.24) is 14.6 Å². The van der Waals surface area contributed by atoms with Crippen molar-refractivity contribution in [1.29, 1.82) is 0 Å². The molecule has 0 fully saturated rings. The van der Waals surface area contributed by atoms with Crippen LogP contribution < -0.4 is 5.43 Å². The molecule has 2 aromatic carbocycles. The number of benzene rings is 2. The molecule has 0 spiro atoms. The Labute approximate surface area is 152 Å². The monoisotopic (exact) mass is 368 g/mol. The van der Waals surface area contributed by atoms with Crippen molar-refractivity contribution >= 4 is 39.9 Å². The third kappa shape index (κ3) is 3.01. The third-order valence-corrected chi connectivity index (χ3v) is 5.23. The number of thiazole rings is 1. The molecule has 4 aromatic rings. The van der Waals surface area contributed by atoms with E-state index in [4.69, 9.17) is 11.6 Å². The number of rotatable bonds is 3. The molecule has 2 aromatic heterocycles. The lowest BCUT2D eigenvalue weighted by molar-refractivity contribution is 0.101. The SMILES string of the molecule is Cc1nc(-c2ccc(Cl)cc2)sc1C(=O)Nn1cnc2ccccc21. The van der Waals surface area contributed by atoms with E-state index in [1.807, 2.05) is 55.5 Å². The van der Waals surface area contributed by atoms with E-state index < -0.39 is 0 Å². The number of amides is 1. The number of carbonyl (C=O) groups is 1. The standard InChI is InChI=1S/C18H13ClN4OS/c1-11-16(25-18(21-11)12-6-8-13(19)9-7-12)17(24)22-23-10-20-14-4-2-3-5-15(14)23/h2-10H,1H3,(H,22,24). The van der Waals surface area contributed by atoms with Crippen molar-refractivity contribution in [3.8, 4) is 10.6 Å². The fourth-order valence-corrected chi connectivity index (χ4v) is 3.62. The van der Waals surface area contributed by atoms with Gasteiger partial charge >= 0.3 is 0 Å². The summed E-state index contributed by atoms with van der Waals surface area (Å²) in [4.78, 5) is 22.0. The van der Waals surface area contributed by atoms with Crippen LogP contribution in [0.4, 0.5) is 0 Å². The molecule has 5 nitrogen and oxygen atoms in total. The van der Waals surface area contributed by atoms with Gasteiger partial charge in [-0.05, 0) is 31.2 Å². The molecule has 7 heteroatoms. The fourth-order valence-electron chi connectivity index (χ4n) is 2.53. The fraction of sp³-hybridized carbons (Fsp3) is 0.0556. The van der Waals surface area contributed by atoms with Crippen LogP contribution in [0.25, 0.3) is 21.6 Å². The lowest BCUT2D eigenvalue weighted by Gasteiger charge is -2.05. The maximum Gasteiger partial charge on any atom is 0.282 e. The summed E-state index contributed by atoms with van der Waals surface area (Å²) in [5, 5.41) is 1.46. The van der Waals surface area contributed by atoms with E-state index in [9.17, 15) is 4.79 Å². The first-order chi connectivity index (χ1) is 12.1. The molecule has 0 atom stereocenters. The molecule has 2 heterocycles. The Kier molecular flexibility index (Phi) is 3.99. The van der Waals surface area contributed by atoms with Crippen LogP contribution in [0.1, 0.15) is 15.4 Å². The number of fused-ring (bicyclic) bond motifs is 1. The predicted molar refractivity (Wildman–Crippen MR) is 101 cm³/mol. The van der Waals surface area contributed by atoms with Crippen LogP contribution in [0.15, 0.2) is 54.9 Å². The highest BCUT2D eigenvalue weighted by molar-refractivity contribution is 7.17. The lowest BCUT2D eigenvalue weighted by atomic mass is 10.2. The van der Waals surface area contributed by atoms with Gasteiger partial charge in [-0.25, -0.2) is 14.6 Å². The number of nitrogens with zero attached hydrogens (tertiary/aromatic N) is 3. The van der Waals surface area contributed by atoms with Gasteiger partial charge in [0, 0.05) is 10.6 Å². The zero-order valence-corrected chi connectivity index (χ0v) is 14.8. The number of aryl methyl sites for hydroxylation is 1. The molecular formula is C18H13ClN4OS. The molecule has 1 amide bonds. The van der Waals surface area contributed by atoms with Gasteiger partial charge < -0.3 is 0 Å². The molecule has 0 bridgehead atoms. The zero-order valence-electron chi connectivity index (χ0n) is 13.2. The first-order valence-electron chi connectivity index (χ1n) is 7.58. The van der Waals surface area contributed by atoms with Gasteiger partial charge in [0.1, 0.15) is 16.2 Å². The van der Waals surface area contributed by atoms with Crippen LogP contribution in [0.5, 0.6) is 0 Å². The van der Waals surface area contributed by atoms with Gasteiger partial charge in [0.05, 0.1) is 16.7 Å². The second-order valence-electron chi connectivity index (χ2n) is 5.48. The smallest absolute Gasteiger partial charge is 0.266 e. The number of carbonyl (C=O) groups excluding carboxylic acids is 1. The van der Waals surface area contributed by atoms with Crippen molar-refractivity contribution in [2.24, 2.45) is 0 Å². The predicted octanol–water partition coefficient (Wildman–Crippen LogP) is 4.51. The highest BCUT2D eigenvalue weighted by Gasteiger charge is 2.17. The topological polar surface area (TPSA) is 59.8 Å². The summed E-state index contributed by atoms with van der Waals surface area (Å²) in [6.45, 7) is 1.83. The minimum absolute atomic E-state index is 0.210. The minimum Gasteiger partial charge on any atom is -0.266 e. The molecule has 0 unspecified atom stereocenters. The summed E-state index contributed by atoms with van der Waals surface area (Å²) in [6.07, 6.45) is 1.60. The van der Waals surface area contributed by atoms with Crippen molar-refractivity contribution in [3.63, 3.8) is 0 Å². The van der Waals surface area contributed by atoms with Gasteiger partial charge in [-0.3, -0.25) is 10.2 Å². The van der Waals surface area contributed by atoms with Gasteiger partial charge in [-0.1, -0.05) is 35.9 Å². The average molecular weight is 369 g/mol. The molecule has 0 aliphatic carbocycles. The summed E-state index contributed by atoms with van der Waals surface area (Å²) in [7, 11) is 0. The Morgan fingerprint density at radius 2 is 1.92 bits per heavy atom. The van der Waals surface area contributed by atoms with Crippen LogP contribution in [0.2, 0.25) is 5.02 Å². The number of aromatic nitrogens is 3. The summed E-state index contributed by atoms with van der Waals surface area (Å²) in [6, 6.07) is 15.0. The van der Waals surface area contributed by atoms with E-state index in [0.29, 0.717) is 15.6 Å². The number of nitrogens with one attached hydrogen (secondary N) is 1. The highest BCUT2D eigenvalue weighted by Crippen LogP contribution is 2.29. The van der Waals surface area contributed by atoms with Crippen molar-refractivity contribution in [2.75, 3.05) is 5.43 Å². The summed E-state index contributed by atoms with van der Waals surface area (Å²) < 4.78 is 1.62. The van der Waals surface area contributed by atoms with Gasteiger partial charge in [0.15, 0.2) is 0 Å². The van der Waals surface area contributed by atoms with Crippen LogP contribution >= 0.6 is 22.9 Å². The van der Waals surface area contributed by atoms with Crippen molar-refractivity contribution in [3.05, 3.63) is 70.5 Å². The molecule has 1 N–H and O–H groups in total. The van der Waals surface area contributed by atoms with E-state index in [1.54, 1.807) is 11.0 Å². The van der Waals surface area contributed by atoms with E-state index >= 15 is 0 Å². The second-order valence-corrected chi connectivity index (χ2v) is 6.92. The number of halogens is 1. The quantitative estimate of drug-likeness (QED) is 0.579. The molecule has 124 valence electrons. The number of hydrogen-bond acceptors (Lipinski definition) is 4. The average Bonchev–Trinajstić information content (AvgIpc) is 3.20. The maximum absolute atomic E-state index is 12.7. The molecule has 0 aliphatic rings. The number of para-hydroxylation sites is 2. The van der Waals surface area contributed by atoms with Gasteiger partial charge in [0.2, 0.25) is 0 Å². The van der Waals surface area contributed by atoms with E-state index in [2.05, 4.69) is 15.4 Å².